The summed E-state index contributed by atoms with van der Waals surface area (Å²) in [6.07, 6.45) is 6.43. The molecule has 0 aromatic carbocycles. The Hall–Kier alpha value is -1.29. The Kier molecular flexibility index (Phi) is 5.09. The number of ketones is 1. The molecule has 4 heteroatoms. The fourth-order valence-electron chi connectivity index (χ4n) is 2.95. The lowest BCUT2D eigenvalue weighted by molar-refractivity contribution is 0.0921. The number of carbonyl (C=O) groups excluding carboxylic acids is 1. The topological polar surface area (TPSA) is 33.2 Å². The first kappa shape index (κ1) is 16.1. The van der Waals surface area contributed by atoms with Gasteiger partial charge in [-0.05, 0) is 50.3 Å². The molecule has 1 fully saturated rings. The highest BCUT2D eigenvalue weighted by atomic mass is 19.1. The molecular formula is C17H25FN2O. The Balaban J connectivity index is 1.80. The van der Waals surface area contributed by atoms with Crippen molar-refractivity contribution < 1.29 is 9.18 Å². The molecule has 0 saturated heterocycles. The van der Waals surface area contributed by atoms with Gasteiger partial charge in [0.25, 0.3) is 0 Å². The fourth-order valence-corrected chi connectivity index (χ4v) is 2.95. The second-order valence-corrected chi connectivity index (χ2v) is 6.91. The number of carbonyl (C=O) groups is 1. The van der Waals surface area contributed by atoms with E-state index in [4.69, 9.17) is 0 Å². The molecule has 116 valence electrons. The second-order valence-electron chi connectivity index (χ2n) is 6.91. The lowest BCUT2D eigenvalue weighted by atomic mass is 9.75. The van der Waals surface area contributed by atoms with Crippen LogP contribution in [0.15, 0.2) is 18.3 Å². The maximum atomic E-state index is 12.8. The van der Waals surface area contributed by atoms with Gasteiger partial charge in [-0.25, -0.2) is 4.39 Å². The summed E-state index contributed by atoms with van der Waals surface area (Å²) in [5.74, 6) is -0.425. The summed E-state index contributed by atoms with van der Waals surface area (Å²) >= 11 is 0. The van der Waals surface area contributed by atoms with E-state index in [1.807, 2.05) is 0 Å². The predicted molar refractivity (Wildman–Crippen MR) is 81.8 cm³/mol. The van der Waals surface area contributed by atoms with Crippen LogP contribution in [0.4, 0.5) is 4.39 Å². The van der Waals surface area contributed by atoms with Gasteiger partial charge < -0.3 is 4.90 Å². The van der Waals surface area contributed by atoms with Crippen LogP contribution < -0.4 is 0 Å². The van der Waals surface area contributed by atoms with E-state index in [-0.39, 0.29) is 5.78 Å². The molecule has 1 aromatic rings. The van der Waals surface area contributed by atoms with Crippen LogP contribution in [0.1, 0.15) is 56.4 Å². The van der Waals surface area contributed by atoms with Crippen LogP contribution in [0.3, 0.4) is 0 Å². The Labute approximate surface area is 126 Å². The number of hydrogen-bond acceptors (Lipinski definition) is 3. The molecule has 0 aliphatic heterocycles. The van der Waals surface area contributed by atoms with Crippen molar-refractivity contribution in [2.75, 3.05) is 13.6 Å². The van der Waals surface area contributed by atoms with E-state index >= 15 is 0 Å². The number of halogens is 1. The minimum absolute atomic E-state index is 0.0158. The standard InChI is InChI=1S/C17H25FN2O/c1-17(2)9-6-14(7-10-17)20(3)11-8-16(21)15-5-4-13(18)12-19-15/h4-5,12,14H,6-11H2,1-3H3. The maximum absolute atomic E-state index is 12.8. The third kappa shape index (κ3) is 4.60. The Morgan fingerprint density at radius 3 is 2.62 bits per heavy atom. The minimum atomic E-state index is -0.409. The zero-order valence-electron chi connectivity index (χ0n) is 13.2. The zero-order valence-corrected chi connectivity index (χ0v) is 13.2. The normalized spacial score (nSPS) is 18.9. The van der Waals surface area contributed by atoms with E-state index in [2.05, 4.69) is 30.8 Å². The molecule has 0 bridgehead atoms. The molecule has 21 heavy (non-hydrogen) atoms. The molecule has 1 aliphatic rings. The van der Waals surface area contributed by atoms with Crippen molar-refractivity contribution in [1.29, 1.82) is 0 Å². The maximum Gasteiger partial charge on any atom is 0.182 e. The molecule has 0 unspecified atom stereocenters. The first-order valence-corrected chi connectivity index (χ1v) is 7.72. The average molecular weight is 292 g/mol. The van der Waals surface area contributed by atoms with Crippen molar-refractivity contribution in [2.45, 2.75) is 52.0 Å². The van der Waals surface area contributed by atoms with Gasteiger partial charge in [-0.1, -0.05) is 13.8 Å². The number of Topliss-reactive ketones (excluding diaryl/α,β-unsaturated/α-hetero) is 1. The molecule has 0 radical (unpaired) electrons. The SMILES string of the molecule is CN(CCC(=O)c1ccc(F)cn1)C1CCC(C)(C)CC1. The number of rotatable bonds is 5. The summed E-state index contributed by atoms with van der Waals surface area (Å²) in [6, 6.07) is 3.32. The third-order valence-electron chi connectivity index (χ3n) is 4.64. The number of pyridine rings is 1. The van der Waals surface area contributed by atoms with Gasteiger partial charge in [0, 0.05) is 19.0 Å². The lowest BCUT2D eigenvalue weighted by Gasteiger charge is -2.38. The second kappa shape index (κ2) is 6.65. The molecule has 0 N–H and O–H groups in total. The van der Waals surface area contributed by atoms with Gasteiger partial charge in [0.1, 0.15) is 11.5 Å². The van der Waals surface area contributed by atoms with E-state index in [0.29, 0.717) is 23.6 Å². The number of aromatic nitrogens is 1. The fraction of sp³-hybridized carbons (Fsp3) is 0.647. The summed E-state index contributed by atoms with van der Waals surface area (Å²) in [4.78, 5) is 18.2. The number of hydrogen-bond donors (Lipinski definition) is 0. The van der Waals surface area contributed by atoms with Crippen LogP contribution >= 0.6 is 0 Å². The van der Waals surface area contributed by atoms with Crippen molar-refractivity contribution in [1.82, 2.24) is 9.88 Å². The van der Waals surface area contributed by atoms with E-state index in [9.17, 15) is 9.18 Å². The summed E-state index contributed by atoms with van der Waals surface area (Å²) < 4.78 is 12.8. The molecule has 0 amide bonds. The van der Waals surface area contributed by atoms with Crippen LogP contribution in [0.5, 0.6) is 0 Å². The molecule has 0 atom stereocenters. The molecule has 0 spiro atoms. The Morgan fingerprint density at radius 2 is 2.05 bits per heavy atom. The third-order valence-corrected chi connectivity index (χ3v) is 4.64. The molecule has 1 aliphatic carbocycles. The van der Waals surface area contributed by atoms with E-state index in [0.717, 1.165) is 12.7 Å². The van der Waals surface area contributed by atoms with Gasteiger partial charge in [0.2, 0.25) is 0 Å². The highest BCUT2D eigenvalue weighted by Gasteiger charge is 2.28. The van der Waals surface area contributed by atoms with Crippen LogP contribution in [-0.4, -0.2) is 35.3 Å². The smallest absolute Gasteiger partial charge is 0.182 e. The van der Waals surface area contributed by atoms with E-state index in [1.54, 1.807) is 0 Å². The van der Waals surface area contributed by atoms with Crippen molar-refractivity contribution >= 4 is 5.78 Å². The molecule has 2 rings (SSSR count). The van der Waals surface area contributed by atoms with Gasteiger partial charge in [-0.2, -0.15) is 0 Å². The van der Waals surface area contributed by atoms with Gasteiger partial charge >= 0.3 is 0 Å². The van der Waals surface area contributed by atoms with E-state index in [1.165, 1.54) is 37.8 Å². The van der Waals surface area contributed by atoms with Crippen molar-refractivity contribution in [2.24, 2.45) is 5.41 Å². The van der Waals surface area contributed by atoms with Crippen molar-refractivity contribution in [3.63, 3.8) is 0 Å². The highest BCUT2D eigenvalue weighted by molar-refractivity contribution is 5.94. The van der Waals surface area contributed by atoms with Crippen molar-refractivity contribution in [3.8, 4) is 0 Å². The molecule has 3 nitrogen and oxygen atoms in total. The van der Waals surface area contributed by atoms with E-state index < -0.39 is 5.82 Å². The van der Waals surface area contributed by atoms with Gasteiger partial charge in [-0.15, -0.1) is 0 Å². The average Bonchev–Trinajstić information content (AvgIpc) is 2.45. The number of nitrogens with zero attached hydrogens (tertiary/aromatic N) is 2. The van der Waals surface area contributed by atoms with Gasteiger partial charge in [0.05, 0.1) is 6.20 Å². The molecule has 1 heterocycles. The van der Waals surface area contributed by atoms with Gasteiger partial charge in [-0.3, -0.25) is 9.78 Å². The largest absolute Gasteiger partial charge is 0.303 e. The quantitative estimate of drug-likeness (QED) is 0.776. The zero-order chi connectivity index (χ0) is 15.5. The van der Waals surface area contributed by atoms with Gasteiger partial charge in [0.15, 0.2) is 5.78 Å². The van der Waals surface area contributed by atoms with Crippen LogP contribution in [0.2, 0.25) is 0 Å². The van der Waals surface area contributed by atoms with Crippen LogP contribution in [-0.2, 0) is 0 Å². The lowest BCUT2D eigenvalue weighted by Crippen LogP contribution is -2.38. The first-order chi connectivity index (χ1) is 9.87. The summed E-state index contributed by atoms with van der Waals surface area (Å²) in [7, 11) is 2.09. The van der Waals surface area contributed by atoms with Crippen molar-refractivity contribution in [3.05, 3.63) is 29.8 Å². The first-order valence-electron chi connectivity index (χ1n) is 7.72. The summed E-state index contributed by atoms with van der Waals surface area (Å²) in [6.45, 7) is 5.39. The highest BCUT2D eigenvalue weighted by Crippen LogP contribution is 2.36. The summed E-state index contributed by atoms with van der Waals surface area (Å²) in [5, 5.41) is 0. The van der Waals surface area contributed by atoms with Crippen LogP contribution in [0, 0.1) is 11.2 Å². The Morgan fingerprint density at radius 1 is 1.38 bits per heavy atom. The molecule has 1 saturated carbocycles. The molecule has 1 aromatic heterocycles. The minimum Gasteiger partial charge on any atom is -0.303 e. The summed E-state index contributed by atoms with van der Waals surface area (Å²) in [5.41, 5.74) is 0.820. The monoisotopic (exact) mass is 292 g/mol. The molecular weight excluding hydrogens is 267 g/mol. The Bertz CT molecular complexity index is 474. The van der Waals surface area contributed by atoms with Crippen LogP contribution in [0.25, 0.3) is 0 Å². The predicted octanol–water partition coefficient (Wildman–Crippen LogP) is 3.69.